The Hall–Kier alpha value is -0.393. The Bertz CT molecular complexity index is 227. The minimum absolute atomic E-state index is 0.188. The zero-order valence-corrected chi connectivity index (χ0v) is 14.0. The van der Waals surface area contributed by atoms with Crippen molar-refractivity contribution in [2.45, 2.75) is 72.3 Å². The van der Waals surface area contributed by atoms with Crippen molar-refractivity contribution in [2.75, 3.05) is 13.2 Å². The first-order valence-electron chi connectivity index (χ1n) is 7.63. The second-order valence-electron chi connectivity index (χ2n) is 4.58. The third-order valence-corrected chi connectivity index (χ3v) is 5.75. The highest BCUT2D eigenvalue weighted by Gasteiger charge is 2.43. The number of carbonyl (C=O) groups is 1. The summed E-state index contributed by atoms with van der Waals surface area (Å²) in [5.41, 5.74) is 0. The van der Waals surface area contributed by atoms with Crippen LogP contribution in [0.2, 0.25) is 6.04 Å². The quantitative estimate of drug-likeness (QED) is 0.403. The van der Waals surface area contributed by atoms with E-state index in [4.69, 9.17) is 13.3 Å². The first-order valence-corrected chi connectivity index (χ1v) is 9.57. The number of rotatable bonds is 12. The first kappa shape index (κ1) is 18.6. The molecule has 0 atom stereocenters. The van der Waals surface area contributed by atoms with Crippen LogP contribution >= 0.6 is 0 Å². The van der Waals surface area contributed by atoms with E-state index in [2.05, 4.69) is 6.92 Å². The minimum Gasteiger partial charge on any atom is -0.473 e. The maximum atomic E-state index is 11.7. The third-order valence-electron chi connectivity index (χ3n) is 2.79. The Morgan fingerprint density at radius 3 is 2.00 bits per heavy atom. The zero-order valence-electron chi connectivity index (χ0n) is 13.0. The van der Waals surface area contributed by atoms with Crippen LogP contribution in [0.5, 0.6) is 0 Å². The molecule has 0 bridgehead atoms. The molecule has 0 N–H and O–H groups in total. The third kappa shape index (κ3) is 8.39. The zero-order chi connectivity index (χ0) is 14.6. The van der Waals surface area contributed by atoms with Crippen LogP contribution in [-0.2, 0) is 18.1 Å². The maximum absolute atomic E-state index is 11.7. The molecule has 0 amide bonds. The lowest BCUT2D eigenvalue weighted by molar-refractivity contribution is -0.139. The molecule has 0 aromatic heterocycles. The lowest BCUT2D eigenvalue weighted by Gasteiger charge is -2.28. The summed E-state index contributed by atoms with van der Waals surface area (Å²) in [5, 5.41) is 0. The molecule has 0 saturated heterocycles. The second-order valence-corrected chi connectivity index (χ2v) is 7.23. The van der Waals surface area contributed by atoms with Gasteiger partial charge in [-0.05, 0) is 26.7 Å². The highest BCUT2D eigenvalue weighted by Crippen LogP contribution is 2.21. The molecule has 114 valence electrons. The molecular formula is C14H30O4Si. The average Bonchev–Trinajstić information content (AvgIpc) is 2.35. The molecule has 0 aliphatic rings. The summed E-state index contributed by atoms with van der Waals surface area (Å²) in [6.45, 7) is 9.03. The molecule has 0 rings (SSSR count). The molecule has 5 heteroatoms. The van der Waals surface area contributed by atoms with Gasteiger partial charge in [-0.2, -0.15) is 0 Å². The van der Waals surface area contributed by atoms with Gasteiger partial charge in [0.05, 0.1) is 0 Å². The van der Waals surface area contributed by atoms with E-state index < -0.39 is 8.80 Å². The van der Waals surface area contributed by atoms with Crippen molar-refractivity contribution in [3.05, 3.63) is 0 Å². The smallest absolute Gasteiger partial charge is 0.473 e. The van der Waals surface area contributed by atoms with Crippen molar-refractivity contribution in [1.82, 2.24) is 0 Å². The Kier molecular flexibility index (Phi) is 11.2. The van der Waals surface area contributed by atoms with Gasteiger partial charge in [-0.3, -0.25) is 4.79 Å². The van der Waals surface area contributed by atoms with Crippen LogP contribution in [0.25, 0.3) is 0 Å². The molecule has 19 heavy (non-hydrogen) atoms. The van der Waals surface area contributed by atoms with Crippen molar-refractivity contribution in [3.8, 4) is 0 Å². The summed E-state index contributed by atoms with van der Waals surface area (Å²) in [6, 6.07) is 0.740. The number of hydrogen-bond donors (Lipinski definition) is 0. The van der Waals surface area contributed by atoms with Gasteiger partial charge in [0.2, 0.25) is 0 Å². The molecule has 4 nitrogen and oxygen atoms in total. The van der Waals surface area contributed by atoms with Crippen molar-refractivity contribution in [1.29, 1.82) is 0 Å². The van der Waals surface area contributed by atoms with Crippen LogP contribution in [0.3, 0.4) is 0 Å². The lowest BCUT2D eigenvalue weighted by atomic mass is 10.2. The number of carbonyl (C=O) groups excluding carboxylic acids is 1. The predicted octanol–water partition coefficient (Wildman–Crippen LogP) is 3.92. The maximum Gasteiger partial charge on any atom is 0.567 e. The summed E-state index contributed by atoms with van der Waals surface area (Å²) in [4.78, 5) is 11.7. The molecule has 0 aliphatic carbocycles. The van der Waals surface area contributed by atoms with Gasteiger partial charge in [-0.15, -0.1) is 0 Å². The van der Waals surface area contributed by atoms with Crippen LogP contribution in [0.1, 0.15) is 66.2 Å². The molecule has 0 aliphatic heterocycles. The van der Waals surface area contributed by atoms with E-state index >= 15 is 0 Å². The van der Waals surface area contributed by atoms with Gasteiger partial charge in [-0.25, -0.2) is 0 Å². The molecule has 0 spiro atoms. The summed E-state index contributed by atoms with van der Waals surface area (Å²) >= 11 is 0. The van der Waals surface area contributed by atoms with Crippen LogP contribution in [-0.4, -0.2) is 28.0 Å². The molecule has 0 fully saturated rings. The number of hydrogen-bond acceptors (Lipinski definition) is 4. The molecule has 0 radical (unpaired) electrons. The van der Waals surface area contributed by atoms with Gasteiger partial charge in [0, 0.05) is 25.7 Å². The topological polar surface area (TPSA) is 44.8 Å². The fourth-order valence-corrected chi connectivity index (χ4v) is 4.54. The fourth-order valence-electron chi connectivity index (χ4n) is 1.93. The molecule has 0 aromatic carbocycles. The van der Waals surface area contributed by atoms with Crippen LogP contribution < -0.4 is 0 Å². The Labute approximate surface area is 119 Å². The monoisotopic (exact) mass is 290 g/mol. The average molecular weight is 290 g/mol. The van der Waals surface area contributed by atoms with Gasteiger partial charge >= 0.3 is 8.80 Å². The molecule has 0 unspecified atom stereocenters. The van der Waals surface area contributed by atoms with E-state index in [1.165, 1.54) is 12.8 Å². The van der Waals surface area contributed by atoms with Gasteiger partial charge < -0.3 is 13.3 Å². The van der Waals surface area contributed by atoms with Crippen molar-refractivity contribution in [3.63, 3.8) is 0 Å². The van der Waals surface area contributed by atoms with Gasteiger partial charge in [0.1, 0.15) is 0 Å². The lowest BCUT2D eigenvalue weighted by Crippen LogP contribution is -2.47. The van der Waals surface area contributed by atoms with Gasteiger partial charge in [-0.1, -0.05) is 33.1 Å². The normalized spacial score (nSPS) is 11.6. The standard InChI is InChI=1S/C14H30O4Si/c1-5-9-10-11-13-19(16-7-3,17-8-4)18-14(15)12-6-2/h5-13H2,1-4H3. The van der Waals surface area contributed by atoms with E-state index in [1.807, 2.05) is 20.8 Å². The van der Waals surface area contributed by atoms with Crippen molar-refractivity contribution >= 4 is 14.8 Å². The molecule has 0 heterocycles. The van der Waals surface area contributed by atoms with E-state index in [9.17, 15) is 4.79 Å². The molecule has 0 saturated carbocycles. The second kappa shape index (κ2) is 11.4. The fraction of sp³-hybridized carbons (Fsp3) is 0.929. The highest BCUT2D eigenvalue weighted by atomic mass is 28.4. The Balaban J connectivity index is 4.51. The highest BCUT2D eigenvalue weighted by molar-refractivity contribution is 6.62. The number of unbranched alkanes of at least 4 members (excludes halogenated alkanes) is 3. The van der Waals surface area contributed by atoms with Gasteiger partial charge in [0.25, 0.3) is 5.97 Å². The Morgan fingerprint density at radius 1 is 0.895 bits per heavy atom. The van der Waals surface area contributed by atoms with E-state index in [0.717, 1.165) is 25.3 Å². The van der Waals surface area contributed by atoms with Gasteiger partial charge in [0.15, 0.2) is 0 Å². The van der Waals surface area contributed by atoms with Crippen molar-refractivity contribution < 1.29 is 18.1 Å². The van der Waals surface area contributed by atoms with Crippen LogP contribution in [0, 0.1) is 0 Å². The molecule has 0 aromatic rings. The van der Waals surface area contributed by atoms with E-state index in [-0.39, 0.29) is 5.97 Å². The largest absolute Gasteiger partial charge is 0.567 e. The van der Waals surface area contributed by atoms with Crippen LogP contribution in [0.15, 0.2) is 0 Å². The van der Waals surface area contributed by atoms with Crippen LogP contribution in [0.4, 0.5) is 0 Å². The first-order chi connectivity index (χ1) is 9.14. The molecular weight excluding hydrogens is 260 g/mol. The predicted molar refractivity (Wildman–Crippen MR) is 79.0 cm³/mol. The van der Waals surface area contributed by atoms with Crippen molar-refractivity contribution in [2.24, 2.45) is 0 Å². The summed E-state index contributed by atoms with van der Waals surface area (Å²) in [6.07, 6.45) is 5.75. The van der Waals surface area contributed by atoms with E-state index in [0.29, 0.717) is 19.6 Å². The summed E-state index contributed by atoms with van der Waals surface area (Å²) < 4.78 is 17.1. The summed E-state index contributed by atoms with van der Waals surface area (Å²) in [7, 11) is -2.80. The van der Waals surface area contributed by atoms with E-state index in [1.54, 1.807) is 0 Å². The summed E-state index contributed by atoms with van der Waals surface area (Å²) in [5.74, 6) is -0.188. The SMILES string of the molecule is CCCCCC[Si](OCC)(OCC)OC(=O)CCC. The Morgan fingerprint density at radius 2 is 1.53 bits per heavy atom. The minimum atomic E-state index is -2.80.